The standard InChI is InChI=1S/C7H18N4O.C2H6/c1-3-11(2)5-4-9-6-7(12)10-8;1-2/h9H,3-6,8H2,1-2H3,(H,10,12);1-2H3. The van der Waals surface area contributed by atoms with Gasteiger partial charge in [0.25, 0.3) is 0 Å². The summed E-state index contributed by atoms with van der Waals surface area (Å²) in [6.45, 7) is 9.14. The quantitative estimate of drug-likeness (QED) is 0.237. The van der Waals surface area contributed by atoms with Gasteiger partial charge in [-0.1, -0.05) is 20.8 Å². The molecule has 0 radical (unpaired) electrons. The summed E-state index contributed by atoms with van der Waals surface area (Å²) in [6.07, 6.45) is 0. The van der Waals surface area contributed by atoms with Crippen molar-refractivity contribution >= 4 is 5.91 Å². The summed E-state index contributed by atoms with van der Waals surface area (Å²) < 4.78 is 0. The van der Waals surface area contributed by atoms with Crippen LogP contribution in [-0.2, 0) is 4.79 Å². The van der Waals surface area contributed by atoms with Crippen LogP contribution in [0.25, 0.3) is 0 Å². The van der Waals surface area contributed by atoms with Gasteiger partial charge in [-0.2, -0.15) is 0 Å². The zero-order valence-corrected chi connectivity index (χ0v) is 9.76. The van der Waals surface area contributed by atoms with E-state index in [4.69, 9.17) is 5.84 Å². The van der Waals surface area contributed by atoms with Crippen LogP contribution in [0.2, 0.25) is 0 Å². The van der Waals surface area contributed by atoms with Gasteiger partial charge in [-0.15, -0.1) is 0 Å². The monoisotopic (exact) mass is 204 g/mol. The van der Waals surface area contributed by atoms with Crippen molar-refractivity contribution in [2.75, 3.05) is 33.2 Å². The van der Waals surface area contributed by atoms with Crippen LogP contribution in [0.3, 0.4) is 0 Å². The number of nitrogens with two attached hydrogens (primary N) is 1. The molecular formula is C9H24N4O. The first-order valence-electron chi connectivity index (χ1n) is 5.09. The van der Waals surface area contributed by atoms with Crippen LogP contribution in [0, 0.1) is 0 Å². The van der Waals surface area contributed by atoms with E-state index in [-0.39, 0.29) is 12.5 Å². The predicted octanol–water partition coefficient (Wildman–Crippen LogP) is -0.456. The van der Waals surface area contributed by atoms with Crippen molar-refractivity contribution in [2.24, 2.45) is 5.84 Å². The van der Waals surface area contributed by atoms with Crippen molar-refractivity contribution in [2.45, 2.75) is 20.8 Å². The largest absolute Gasteiger partial charge is 0.307 e. The van der Waals surface area contributed by atoms with E-state index in [0.717, 1.165) is 19.6 Å². The molecule has 86 valence electrons. The highest BCUT2D eigenvalue weighted by Gasteiger charge is 1.97. The minimum atomic E-state index is -0.186. The Balaban J connectivity index is 0. The fourth-order valence-electron chi connectivity index (χ4n) is 0.681. The van der Waals surface area contributed by atoms with E-state index in [1.54, 1.807) is 0 Å². The van der Waals surface area contributed by atoms with Crippen molar-refractivity contribution in [3.63, 3.8) is 0 Å². The van der Waals surface area contributed by atoms with E-state index in [9.17, 15) is 4.79 Å². The van der Waals surface area contributed by atoms with Crippen LogP contribution in [0.4, 0.5) is 0 Å². The summed E-state index contributed by atoms with van der Waals surface area (Å²) in [6, 6.07) is 0. The molecule has 14 heavy (non-hydrogen) atoms. The minimum Gasteiger partial charge on any atom is -0.307 e. The highest BCUT2D eigenvalue weighted by molar-refractivity contribution is 5.77. The highest BCUT2D eigenvalue weighted by atomic mass is 16.2. The molecule has 0 aromatic heterocycles. The number of likely N-dealkylation sites (N-methyl/N-ethyl adjacent to an activating group) is 1. The van der Waals surface area contributed by atoms with Crippen LogP contribution in [0.1, 0.15) is 20.8 Å². The van der Waals surface area contributed by atoms with Gasteiger partial charge >= 0.3 is 0 Å². The predicted molar refractivity (Wildman–Crippen MR) is 59.7 cm³/mol. The summed E-state index contributed by atoms with van der Waals surface area (Å²) in [5, 5.41) is 2.97. The molecule has 4 N–H and O–H groups in total. The van der Waals surface area contributed by atoms with Gasteiger partial charge in [0, 0.05) is 13.1 Å². The fourth-order valence-corrected chi connectivity index (χ4v) is 0.681. The zero-order valence-electron chi connectivity index (χ0n) is 9.76. The van der Waals surface area contributed by atoms with Crippen LogP contribution in [0.15, 0.2) is 0 Å². The normalized spacial score (nSPS) is 9.29. The molecule has 1 amide bonds. The van der Waals surface area contributed by atoms with Crippen LogP contribution >= 0.6 is 0 Å². The van der Waals surface area contributed by atoms with Gasteiger partial charge in [0.05, 0.1) is 6.54 Å². The molecule has 0 bridgehead atoms. The average Bonchev–Trinajstić information content (AvgIpc) is 2.26. The number of carbonyl (C=O) groups is 1. The molecule has 0 aliphatic heterocycles. The van der Waals surface area contributed by atoms with Crippen molar-refractivity contribution in [3.05, 3.63) is 0 Å². The summed E-state index contributed by atoms with van der Waals surface area (Å²) >= 11 is 0. The van der Waals surface area contributed by atoms with Crippen molar-refractivity contribution in [1.82, 2.24) is 15.6 Å². The third-order valence-corrected chi connectivity index (χ3v) is 1.66. The number of amides is 1. The summed E-state index contributed by atoms with van der Waals surface area (Å²) in [5.74, 6) is 4.70. The van der Waals surface area contributed by atoms with Crippen molar-refractivity contribution in [1.29, 1.82) is 0 Å². The van der Waals surface area contributed by atoms with Crippen LogP contribution in [0.5, 0.6) is 0 Å². The van der Waals surface area contributed by atoms with E-state index in [1.165, 1.54) is 0 Å². The molecule has 0 aliphatic carbocycles. The lowest BCUT2D eigenvalue weighted by Gasteiger charge is -2.13. The summed E-state index contributed by atoms with van der Waals surface area (Å²) in [4.78, 5) is 12.8. The van der Waals surface area contributed by atoms with Crippen LogP contribution < -0.4 is 16.6 Å². The minimum absolute atomic E-state index is 0.186. The number of nitrogens with one attached hydrogen (secondary N) is 2. The molecule has 0 aliphatic rings. The van der Waals surface area contributed by atoms with E-state index >= 15 is 0 Å². The summed E-state index contributed by atoms with van der Waals surface area (Å²) in [7, 11) is 2.03. The molecule has 5 nitrogen and oxygen atoms in total. The Kier molecular flexibility index (Phi) is 13.9. The molecule has 0 unspecified atom stereocenters. The Morgan fingerprint density at radius 2 is 2.00 bits per heavy atom. The molecular weight excluding hydrogens is 180 g/mol. The Morgan fingerprint density at radius 1 is 1.43 bits per heavy atom. The number of hydrazine groups is 1. The lowest BCUT2D eigenvalue weighted by molar-refractivity contribution is -0.120. The Morgan fingerprint density at radius 3 is 2.43 bits per heavy atom. The van der Waals surface area contributed by atoms with Gasteiger partial charge < -0.3 is 10.2 Å². The molecule has 5 heteroatoms. The molecule has 0 spiro atoms. The van der Waals surface area contributed by atoms with E-state index in [2.05, 4.69) is 22.6 Å². The lowest BCUT2D eigenvalue weighted by Crippen LogP contribution is -2.40. The molecule has 0 aromatic carbocycles. The summed E-state index contributed by atoms with van der Waals surface area (Å²) in [5.41, 5.74) is 2.05. The van der Waals surface area contributed by atoms with Gasteiger partial charge in [-0.25, -0.2) is 5.84 Å². The molecule has 0 aromatic rings. The Labute approximate surface area is 87.0 Å². The van der Waals surface area contributed by atoms with E-state index in [0.29, 0.717) is 0 Å². The maximum Gasteiger partial charge on any atom is 0.247 e. The molecule has 0 fully saturated rings. The second-order valence-electron chi connectivity index (χ2n) is 2.64. The van der Waals surface area contributed by atoms with Gasteiger partial charge in [0.15, 0.2) is 0 Å². The van der Waals surface area contributed by atoms with Crippen LogP contribution in [-0.4, -0.2) is 44.0 Å². The maximum absolute atomic E-state index is 10.6. The smallest absolute Gasteiger partial charge is 0.247 e. The number of hydrogen-bond acceptors (Lipinski definition) is 4. The number of carbonyl (C=O) groups excluding carboxylic acids is 1. The van der Waals surface area contributed by atoms with E-state index < -0.39 is 0 Å². The molecule has 0 saturated carbocycles. The Bertz CT molecular complexity index is 130. The van der Waals surface area contributed by atoms with Gasteiger partial charge in [-0.05, 0) is 13.6 Å². The number of nitrogens with zero attached hydrogens (tertiary/aromatic N) is 1. The third-order valence-electron chi connectivity index (χ3n) is 1.66. The first-order valence-corrected chi connectivity index (χ1v) is 5.09. The number of rotatable bonds is 6. The molecule has 0 saturated heterocycles. The van der Waals surface area contributed by atoms with Crippen molar-refractivity contribution in [3.8, 4) is 0 Å². The van der Waals surface area contributed by atoms with Gasteiger partial charge in [0.1, 0.15) is 0 Å². The fraction of sp³-hybridized carbons (Fsp3) is 0.889. The first-order chi connectivity index (χ1) is 6.70. The molecule has 0 atom stereocenters. The molecule has 0 rings (SSSR count). The third kappa shape index (κ3) is 11.4. The van der Waals surface area contributed by atoms with E-state index in [1.807, 2.05) is 20.9 Å². The zero-order chi connectivity index (χ0) is 11.4. The SMILES string of the molecule is CC.CCN(C)CCNCC(=O)NN. The maximum atomic E-state index is 10.6. The average molecular weight is 204 g/mol. The topological polar surface area (TPSA) is 70.4 Å². The first kappa shape index (κ1) is 15.8. The van der Waals surface area contributed by atoms with Crippen molar-refractivity contribution < 1.29 is 4.79 Å². The second kappa shape index (κ2) is 12.3. The Hall–Kier alpha value is -0.650. The number of hydrogen-bond donors (Lipinski definition) is 3. The molecule has 0 heterocycles. The highest BCUT2D eigenvalue weighted by Crippen LogP contribution is 1.76. The second-order valence-corrected chi connectivity index (χ2v) is 2.64. The lowest BCUT2D eigenvalue weighted by atomic mass is 10.5. The van der Waals surface area contributed by atoms with Gasteiger partial charge in [0.2, 0.25) is 5.91 Å². The van der Waals surface area contributed by atoms with Gasteiger partial charge in [-0.3, -0.25) is 10.2 Å².